The molecule has 0 aliphatic heterocycles. The van der Waals surface area contributed by atoms with Gasteiger partial charge in [0.1, 0.15) is 11.2 Å². The molecule has 1 atom stereocenters. The molecule has 0 aliphatic carbocycles. The van der Waals surface area contributed by atoms with Gasteiger partial charge in [0.05, 0.1) is 6.04 Å². The second-order valence-corrected chi connectivity index (χ2v) is 7.16. The third-order valence-corrected chi connectivity index (χ3v) is 2.32. The molecule has 0 saturated heterocycles. The van der Waals surface area contributed by atoms with E-state index >= 15 is 0 Å². The largest absolute Gasteiger partial charge is 0.481 e. The molecule has 0 aromatic heterocycles. The molecule has 0 unspecified atom stereocenters. The number of nitrogens with one attached hydrogen (secondary N) is 2. The van der Waals surface area contributed by atoms with Crippen molar-refractivity contribution in [3.05, 3.63) is 0 Å². The Hall–Kier alpha value is -1.99. The third-order valence-electron chi connectivity index (χ3n) is 2.32. The highest BCUT2D eigenvalue weighted by molar-refractivity contribution is 5.70. The van der Waals surface area contributed by atoms with Crippen molar-refractivity contribution < 1.29 is 29.0 Å². The van der Waals surface area contributed by atoms with E-state index in [-0.39, 0.29) is 19.4 Å². The molecule has 0 aromatic rings. The number of carbonyl (C=O) groups is 3. The van der Waals surface area contributed by atoms with Gasteiger partial charge in [-0.3, -0.25) is 4.79 Å². The van der Waals surface area contributed by atoms with Gasteiger partial charge in [-0.15, -0.1) is 0 Å². The van der Waals surface area contributed by atoms with E-state index in [1.807, 2.05) is 0 Å². The summed E-state index contributed by atoms with van der Waals surface area (Å²) in [4.78, 5) is 34.1. The zero-order chi connectivity index (χ0) is 18.3. The van der Waals surface area contributed by atoms with Crippen molar-refractivity contribution in [2.75, 3.05) is 6.54 Å². The summed E-state index contributed by atoms with van der Waals surface area (Å²) in [5.74, 6) is -0.988. The van der Waals surface area contributed by atoms with Gasteiger partial charge >= 0.3 is 18.2 Å². The number of carbonyl (C=O) groups excluding carboxylic acids is 2. The van der Waals surface area contributed by atoms with Crippen molar-refractivity contribution in [2.24, 2.45) is 0 Å². The minimum absolute atomic E-state index is 0.0431. The molecular weight excluding hydrogens is 304 g/mol. The standard InChI is InChI=1S/C15H28N2O6/c1-14(2,3)22-12(20)16-9-10(7-8-11(18)19)17-13(21)23-15(4,5)6/h10H,7-9H2,1-6H3,(H,16,20)(H,17,21)(H,18,19)/t10-/m1/s1. The molecular formula is C15H28N2O6. The molecule has 2 amide bonds. The summed E-state index contributed by atoms with van der Waals surface area (Å²) in [6.07, 6.45) is -1.29. The van der Waals surface area contributed by atoms with Crippen molar-refractivity contribution in [2.45, 2.75) is 71.6 Å². The van der Waals surface area contributed by atoms with E-state index < -0.39 is 35.4 Å². The maximum Gasteiger partial charge on any atom is 0.407 e. The molecule has 0 spiro atoms. The van der Waals surface area contributed by atoms with Crippen molar-refractivity contribution in [1.82, 2.24) is 10.6 Å². The summed E-state index contributed by atoms with van der Waals surface area (Å²) in [7, 11) is 0. The fraction of sp³-hybridized carbons (Fsp3) is 0.800. The fourth-order valence-electron chi connectivity index (χ4n) is 1.52. The Kier molecular flexibility index (Phi) is 7.85. The van der Waals surface area contributed by atoms with Gasteiger partial charge in [0.2, 0.25) is 0 Å². The van der Waals surface area contributed by atoms with Crippen LogP contribution in [0.3, 0.4) is 0 Å². The number of carboxylic acid groups (broad SMARTS) is 1. The topological polar surface area (TPSA) is 114 Å². The maximum atomic E-state index is 11.8. The third kappa shape index (κ3) is 13.4. The smallest absolute Gasteiger partial charge is 0.407 e. The van der Waals surface area contributed by atoms with Gasteiger partial charge < -0.3 is 25.2 Å². The highest BCUT2D eigenvalue weighted by Crippen LogP contribution is 2.08. The summed E-state index contributed by atoms with van der Waals surface area (Å²) < 4.78 is 10.2. The SMILES string of the molecule is CC(C)(C)OC(=O)NC[C@@H](CCC(=O)O)NC(=O)OC(C)(C)C. The van der Waals surface area contributed by atoms with Crippen molar-refractivity contribution in [3.8, 4) is 0 Å². The van der Waals surface area contributed by atoms with E-state index in [2.05, 4.69) is 10.6 Å². The normalized spacial score (nSPS) is 13.0. The van der Waals surface area contributed by atoms with Crippen LogP contribution in [0.2, 0.25) is 0 Å². The van der Waals surface area contributed by atoms with E-state index in [4.69, 9.17) is 14.6 Å². The lowest BCUT2D eigenvalue weighted by molar-refractivity contribution is -0.137. The Morgan fingerprint density at radius 2 is 1.43 bits per heavy atom. The quantitative estimate of drug-likeness (QED) is 0.687. The minimum Gasteiger partial charge on any atom is -0.481 e. The van der Waals surface area contributed by atoms with Gasteiger partial charge in [-0.25, -0.2) is 9.59 Å². The van der Waals surface area contributed by atoms with Crippen LogP contribution >= 0.6 is 0 Å². The van der Waals surface area contributed by atoms with Gasteiger partial charge in [-0.1, -0.05) is 0 Å². The second-order valence-electron chi connectivity index (χ2n) is 7.16. The highest BCUT2D eigenvalue weighted by Gasteiger charge is 2.22. The van der Waals surface area contributed by atoms with Crippen LogP contribution in [0.1, 0.15) is 54.4 Å². The summed E-state index contributed by atoms with van der Waals surface area (Å²) in [5.41, 5.74) is -1.31. The lowest BCUT2D eigenvalue weighted by Gasteiger charge is -2.24. The number of carboxylic acids is 1. The maximum absolute atomic E-state index is 11.8. The number of alkyl carbamates (subject to hydrolysis) is 2. The summed E-state index contributed by atoms with van der Waals surface area (Å²) >= 11 is 0. The number of hydrogen-bond acceptors (Lipinski definition) is 5. The first kappa shape index (κ1) is 21.0. The van der Waals surface area contributed by atoms with Crippen LogP contribution < -0.4 is 10.6 Å². The predicted molar refractivity (Wildman–Crippen MR) is 84.3 cm³/mol. The molecule has 8 nitrogen and oxygen atoms in total. The van der Waals surface area contributed by atoms with Gasteiger partial charge in [-0.2, -0.15) is 0 Å². The van der Waals surface area contributed by atoms with Crippen LogP contribution in [-0.4, -0.2) is 47.1 Å². The second kappa shape index (κ2) is 8.59. The molecule has 0 radical (unpaired) electrons. The summed E-state index contributed by atoms with van der Waals surface area (Å²) in [6.45, 7) is 10.4. The van der Waals surface area contributed by atoms with Gasteiger partial charge in [-0.05, 0) is 48.0 Å². The van der Waals surface area contributed by atoms with Crippen molar-refractivity contribution >= 4 is 18.2 Å². The Morgan fingerprint density at radius 3 is 1.87 bits per heavy atom. The van der Waals surface area contributed by atoms with Crippen LogP contribution in [0, 0.1) is 0 Å². The number of amides is 2. The zero-order valence-electron chi connectivity index (χ0n) is 14.7. The van der Waals surface area contributed by atoms with Gasteiger partial charge in [0.25, 0.3) is 0 Å². The zero-order valence-corrected chi connectivity index (χ0v) is 14.7. The molecule has 0 aliphatic rings. The number of rotatable bonds is 6. The van der Waals surface area contributed by atoms with Crippen LogP contribution in [0.15, 0.2) is 0 Å². The Morgan fingerprint density at radius 1 is 0.957 bits per heavy atom. The molecule has 0 saturated carbocycles. The first-order valence-corrected chi connectivity index (χ1v) is 7.46. The minimum atomic E-state index is -0.988. The average molecular weight is 332 g/mol. The first-order chi connectivity index (χ1) is 10.3. The monoisotopic (exact) mass is 332 g/mol. The lowest BCUT2D eigenvalue weighted by atomic mass is 10.1. The fourth-order valence-corrected chi connectivity index (χ4v) is 1.52. The molecule has 0 bridgehead atoms. The Labute approximate surface area is 136 Å². The van der Waals surface area contributed by atoms with Crippen molar-refractivity contribution in [1.29, 1.82) is 0 Å². The molecule has 23 heavy (non-hydrogen) atoms. The molecule has 0 aromatic carbocycles. The van der Waals surface area contributed by atoms with E-state index in [1.165, 1.54) is 0 Å². The Bertz CT molecular complexity index is 423. The van der Waals surface area contributed by atoms with Crippen LogP contribution in [0.5, 0.6) is 0 Å². The number of hydrogen-bond donors (Lipinski definition) is 3. The predicted octanol–water partition coefficient (Wildman–Crippen LogP) is 2.27. The highest BCUT2D eigenvalue weighted by atomic mass is 16.6. The van der Waals surface area contributed by atoms with E-state index in [1.54, 1.807) is 41.5 Å². The molecule has 8 heteroatoms. The number of ether oxygens (including phenoxy) is 2. The first-order valence-electron chi connectivity index (χ1n) is 7.46. The van der Waals surface area contributed by atoms with Crippen LogP contribution in [0.4, 0.5) is 9.59 Å². The summed E-state index contributed by atoms with van der Waals surface area (Å²) in [5, 5.41) is 13.8. The Balaban J connectivity index is 4.53. The molecule has 0 fully saturated rings. The van der Waals surface area contributed by atoms with E-state index in [9.17, 15) is 14.4 Å². The van der Waals surface area contributed by atoms with Crippen molar-refractivity contribution in [3.63, 3.8) is 0 Å². The number of aliphatic carboxylic acids is 1. The van der Waals surface area contributed by atoms with E-state index in [0.717, 1.165) is 0 Å². The average Bonchev–Trinajstić information content (AvgIpc) is 2.27. The lowest BCUT2D eigenvalue weighted by Crippen LogP contribution is -2.46. The van der Waals surface area contributed by atoms with Gasteiger partial charge in [0.15, 0.2) is 0 Å². The van der Waals surface area contributed by atoms with Crippen LogP contribution in [0.25, 0.3) is 0 Å². The molecule has 0 rings (SSSR count). The molecule has 0 heterocycles. The van der Waals surface area contributed by atoms with Crippen LogP contribution in [-0.2, 0) is 14.3 Å². The summed E-state index contributed by atoms with van der Waals surface area (Å²) in [6, 6.07) is -0.575. The molecule has 134 valence electrons. The molecule has 3 N–H and O–H groups in total. The van der Waals surface area contributed by atoms with E-state index in [0.29, 0.717) is 0 Å². The van der Waals surface area contributed by atoms with Gasteiger partial charge in [0, 0.05) is 13.0 Å².